The highest BCUT2D eigenvalue weighted by Crippen LogP contribution is 2.20. The molecule has 0 saturated carbocycles. The van der Waals surface area contributed by atoms with E-state index < -0.39 is 5.95 Å². The second kappa shape index (κ2) is 4.91. The summed E-state index contributed by atoms with van der Waals surface area (Å²) in [6.07, 6.45) is 1.47. The Kier molecular flexibility index (Phi) is 2.87. The Morgan fingerprint density at radius 1 is 1.17 bits per heavy atom. The standard InChI is InChI=1S/C16H11FN4O2/c1-23-10-4-2-9(3-5-10)21-16(22)11-8-18-12-6-7-13(17)19-15(12)14(11)20-21/h2-8,20H,1H3. The largest absolute Gasteiger partial charge is 0.497 e. The highest BCUT2D eigenvalue weighted by molar-refractivity contribution is 6.00. The predicted molar refractivity (Wildman–Crippen MR) is 83.5 cm³/mol. The van der Waals surface area contributed by atoms with Crippen LogP contribution in [-0.2, 0) is 0 Å². The van der Waals surface area contributed by atoms with Crippen LogP contribution in [0.2, 0.25) is 0 Å². The SMILES string of the molecule is COc1ccc(-n2[nH]c3c(cnc4ccc(F)nc43)c2=O)cc1. The number of aromatic amines is 1. The van der Waals surface area contributed by atoms with Gasteiger partial charge in [-0.15, -0.1) is 0 Å². The van der Waals surface area contributed by atoms with Gasteiger partial charge in [-0.3, -0.25) is 14.9 Å². The van der Waals surface area contributed by atoms with Gasteiger partial charge in [0.05, 0.1) is 29.2 Å². The van der Waals surface area contributed by atoms with Gasteiger partial charge < -0.3 is 4.74 Å². The van der Waals surface area contributed by atoms with E-state index in [0.29, 0.717) is 33.4 Å². The van der Waals surface area contributed by atoms with E-state index in [0.717, 1.165) is 0 Å². The van der Waals surface area contributed by atoms with E-state index in [-0.39, 0.29) is 5.56 Å². The van der Waals surface area contributed by atoms with Crippen molar-refractivity contribution in [3.8, 4) is 11.4 Å². The zero-order valence-corrected chi connectivity index (χ0v) is 12.1. The van der Waals surface area contributed by atoms with Crippen molar-refractivity contribution in [2.24, 2.45) is 0 Å². The van der Waals surface area contributed by atoms with Crippen molar-refractivity contribution in [2.75, 3.05) is 7.11 Å². The molecule has 0 aliphatic rings. The maximum absolute atomic E-state index is 13.4. The minimum atomic E-state index is -0.621. The topological polar surface area (TPSA) is 72.8 Å². The average Bonchev–Trinajstić information content (AvgIpc) is 2.92. The molecule has 4 aromatic rings. The number of nitrogens with zero attached hydrogens (tertiary/aromatic N) is 3. The zero-order valence-electron chi connectivity index (χ0n) is 12.1. The number of ether oxygens (including phenoxy) is 1. The number of nitrogens with one attached hydrogen (secondary N) is 1. The number of halogens is 1. The van der Waals surface area contributed by atoms with E-state index in [9.17, 15) is 9.18 Å². The van der Waals surface area contributed by atoms with Crippen molar-refractivity contribution in [3.63, 3.8) is 0 Å². The molecule has 23 heavy (non-hydrogen) atoms. The Labute approximate surface area is 129 Å². The first kappa shape index (κ1) is 13.4. The third-order valence-electron chi connectivity index (χ3n) is 3.67. The third-order valence-corrected chi connectivity index (χ3v) is 3.67. The number of H-pyrrole nitrogens is 1. The number of aromatic nitrogens is 4. The Balaban J connectivity index is 2.01. The van der Waals surface area contributed by atoms with Gasteiger partial charge in [0.25, 0.3) is 5.56 Å². The second-order valence-electron chi connectivity index (χ2n) is 5.00. The van der Waals surface area contributed by atoms with Crippen molar-refractivity contribution >= 4 is 21.9 Å². The fraction of sp³-hybridized carbons (Fsp3) is 0.0625. The van der Waals surface area contributed by atoms with Crippen LogP contribution in [0.4, 0.5) is 4.39 Å². The molecule has 0 aliphatic carbocycles. The van der Waals surface area contributed by atoms with Gasteiger partial charge in [0.2, 0.25) is 5.95 Å². The van der Waals surface area contributed by atoms with Crippen LogP contribution < -0.4 is 10.3 Å². The lowest BCUT2D eigenvalue weighted by Crippen LogP contribution is -2.14. The first-order valence-corrected chi connectivity index (χ1v) is 6.88. The highest BCUT2D eigenvalue weighted by Gasteiger charge is 2.13. The van der Waals surface area contributed by atoms with Crippen LogP contribution >= 0.6 is 0 Å². The van der Waals surface area contributed by atoms with Crippen LogP contribution in [-0.4, -0.2) is 26.9 Å². The Morgan fingerprint density at radius 3 is 2.70 bits per heavy atom. The quantitative estimate of drug-likeness (QED) is 0.577. The number of methoxy groups -OCH3 is 1. The van der Waals surface area contributed by atoms with Crippen molar-refractivity contribution < 1.29 is 9.13 Å². The highest BCUT2D eigenvalue weighted by atomic mass is 19.1. The van der Waals surface area contributed by atoms with E-state index in [2.05, 4.69) is 15.1 Å². The zero-order chi connectivity index (χ0) is 16.0. The van der Waals surface area contributed by atoms with Gasteiger partial charge in [-0.25, -0.2) is 9.67 Å². The molecule has 0 bridgehead atoms. The summed E-state index contributed by atoms with van der Waals surface area (Å²) >= 11 is 0. The molecule has 0 atom stereocenters. The number of hydrogen-bond acceptors (Lipinski definition) is 4. The molecule has 0 aliphatic heterocycles. The molecule has 114 valence electrons. The monoisotopic (exact) mass is 310 g/mol. The van der Waals surface area contributed by atoms with E-state index in [4.69, 9.17) is 4.74 Å². The Morgan fingerprint density at radius 2 is 1.96 bits per heavy atom. The summed E-state index contributed by atoms with van der Waals surface area (Å²) in [5.74, 6) is 0.0682. The summed E-state index contributed by atoms with van der Waals surface area (Å²) < 4.78 is 19.9. The van der Waals surface area contributed by atoms with E-state index in [1.807, 2.05) is 0 Å². The maximum Gasteiger partial charge on any atom is 0.280 e. The molecule has 1 N–H and O–H groups in total. The molecule has 0 radical (unpaired) electrons. The maximum atomic E-state index is 13.4. The first-order valence-electron chi connectivity index (χ1n) is 6.88. The van der Waals surface area contributed by atoms with Crippen LogP contribution in [0.5, 0.6) is 5.75 Å². The summed E-state index contributed by atoms with van der Waals surface area (Å²) in [4.78, 5) is 20.6. The summed E-state index contributed by atoms with van der Waals surface area (Å²) in [5, 5.41) is 3.34. The van der Waals surface area contributed by atoms with Gasteiger partial charge in [0, 0.05) is 6.20 Å². The minimum absolute atomic E-state index is 0.273. The van der Waals surface area contributed by atoms with Crippen molar-refractivity contribution in [1.29, 1.82) is 0 Å². The number of fused-ring (bicyclic) bond motifs is 3. The molecular weight excluding hydrogens is 299 g/mol. The van der Waals surface area contributed by atoms with E-state index >= 15 is 0 Å². The van der Waals surface area contributed by atoms with Crippen LogP contribution in [0.15, 0.2) is 47.4 Å². The van der Waals surface area contributed by atoms with Crippen LogP contribution in [0.1, 0.15) is 0 Å². The Hall–Kier alpha value is -3.22. The van der Waals surface area contributed by atoms with Gasteiger partial charge in [0.1, 0.15) is 11.3 Å². The Bertz CT molecular complexity index is 1080. The molecule has 3 heterocycles. The number of rotatable bonds is 2. The normalized spacial score (nSPS) is 11.2. The molecule has 7 heteroatoms. The smallest absolute Gasteiger partial charge is 0.280 e. The first-order chi connectivity index (χ1) is 11.2. The number of hydrogen-bond donors (Lipinski definition) is 1. The van der Waals surface area contributed by atoms with Crippen LogP contribution in [0.3, 0.4) is 0 Å². The van der Waals surface area contributed by atoms with E-state index in [1.165, 1.54) is 23.0 Å². The molecule has 1 aromatic carbocycles. The van der Waals surface area contributed by atoms with Crippen molar-refractivity contribution in [3.05, 3.63) is 58.9 Å². The molecule has 0 spiro atoms. The lowest BCUT2D eigenvalue weighted by molar-refractivity contribution is 0.414. The summed E-state index contributed by atoms with van der Waals surface area (Å²) in [5.41, 5.74) is 1.66. The molecular formula is C16H11FN4O2. The number of pyridine rings is 2. The fourth-order valence-electron chi connectivity index (χ4n) is 2.51. The van der Waals surface area contributed by atoms with Crippen LogP contribution in [0, 0.1) is 5.95 Å². The molecule has 0 fully saturated rings. The molecule has 3 aromatic heterocycles. The van der Waals surface area contributed by atoms with Crippen molar-refractivity contribution in [1.82, 2.24) is 19.7 Å². The summed E-state index contributed by atoms with van der Waals surface area (Å²) in [6, 6.07) is 9.77. The number of benzene rings is 1. The van der Waals surface area contributed by atoms with Gasteiger partial charge in [-0.05, 0) is 36.4 Å². The molecule has 0 unspecified atom stereocenters. The van der Waals surface area contributed by atoms with Gasteiger partial charge in [0.15, 0.2) is 0 Å². The lowest BCUT2D eigenvalue weighted by Gasteiger charge is -2.03. The molecule has 6 nitrogen and oxygen atoms in total. The molecule has 0 amide bonds. The molecule has 4 rings (SSSR count). The average molecular weight is 310 g/mol. The van der Waals surface area contributed by atoms with E-state index in [1.54, 1.807) is 31.4 Å². The van der Waals surface area contributed by atoms with Crippen LogP contribution in [0.25, 0.3) is 27.6 Å². The minimum Gasteiger partial charge on any atom is -0.497 e. The van der Waals surface area contributed by atoms with Crippen molar-refractivity contribution in [2.45, 2.75) is 0 Å². The second-order valence-corrected chi connectivity index (χ2v) is 5.00. The molecule has 0 saturated heterocycles. The predicted octanol–water partition coefficient (Wildman–Crippen LogP) is 2.41. The van der Waals surface area contributed by atoms with Gasteiger partial charge in [-0.2, -0.15) is 4.39 Å². The fourth-order valence-corrected chi connectivity index (χ4v) is 2.51. The van der Waals surface area contributed by atoms with Gasteiger partial charge >= 0.3 is 0 Å². The lowest BCUT2D eigenvalue weighted by atomic mass is 10.2. The third kappa shape index (κ3) is 2.05. The summed E-state index contributed by atoms with van der Waals surface area (Å²) in [6.45, 7) is 0. The summed E-state index contributed by atoms with van der Waals surface area (Å²) in [7, 11) is 1.57. The van der Waals surface area contributed by atoms with Gasteiger partial charge in [-0.1, -0.05) is 0 Å².